The van der Waals surface area contributed by atoms with Gasteiger partial charge in [0.1, 0.15) is 23.6 Å². The molecule has 2 atom stereocenters. The molecule has 1 aliphatic heterocycles. The first-order chi connectivity index (χ1) is 11.5. The van der Waals surface area contributed by atoms with Crippen molar-refractivity contribution >= 4 is 12.2 Å². The smallest absolute Gasteiger partial charge is 0.416 e. The Morgan fingerprint density at radius 2 is 1.96 bits per heavy atom. The van der Waals surface area contributed by atoms with Gasteiger partial charge in [0.15, 0.2) is 0 Å². The normalized spacial score (nSPS) is 21.2. The lowest BCUT2D eigenvalue weighted by Crippen LogP contribution is -2.32. The Morgan fingerprint density at radius 1 is 1.12 bits per heavy atom. The van der Waals surface area contributed by atoms with Crippen molar-refractivity contribution < 1.29 is 17.6 Å². The zero-order chi connectivity index (χ0) is 17.2. The van der Waals surface area contributed by atoms with Gasteiger partial charge in [0.05, 0.1) is 11.6 Å². The van der Waals surface area contributed by atoms with E-state index in [2.05, 4.69) is 22.5 Å². The third kappa shape index (κ3) is 3.49. The third-order valence-corrected chi connectivity index (χ3v) is 3.54. The molecule has 1 fully saturated rings. The van der Waals surface area contributed by atoms with Gasteiger partial charge in [-0.25, -0.2) is 10.9 Å². The van der Waals surface area contributed by atoms with Crippen molar-refractivity contribution in [3.63, 3.8) is 0 Å². The van der Waals surface area contributed by atoms with E-state index < -0.39 is 17.8 Å². The molecule has 0 radical (unpaired) electrons. The lowest BCUT2D eigenvalue weighted by Gasteiger charge is -2.07. The van der Waals surface area contributed by atoms with Crippen LogP contribution >= 0.6 is 0 Å². The molecule has 0 aliphatic carbocycles. The zero-order valence-corrected chi connectivity index (χ0v) is 12.3. The van der Waals surface area contributed by atoms with Crippen LogP contribution in [0.1, 0.15) is 28.7 Å². The monoisotopic (exact) mass is 334 g/mol. The molecule has 1 saturated heterocycles. The minimum absolute atomic E-state index is 0.356. The zero-order valence-electron chi connectivity index (χ0n) is 12.3. The molecule has 1 aromatic heterocycles. The summed E-state index contributed by atoms with van der Waals surface area (Å²) in [5.41, 5.74) is 7.96. The molecule has 3 rings (SSSR count). The molecular weight excluding hydrogens is 321 g/mol. The SMILES string of the molecule is N#CC1NNNC1c1ccc(/C=C/c2cccc(C(F)(F)F)c2)o1. The third-order valence-electron chi connectivity index (χ3n) is 3.54. The van der Waals surface area contributed by atoms with Crippen molar-refractivity contribution in [2.75, 3.05) is 0 Å². The van der Waals surface area contributed by atoms with E-state index in [9.17, 15) is 13.2 Å². The van der Waals surface area contributed by atoms with Gasteiger partial charge in [-0.05, 0) is 35.9 Å². The van der Waals surface area contributed by atoms with E-state index in [1.165, 1.54) is 12.1 Å². The number of alkyl halides is 3. The summed E-state index contributed by atoms with van der Waals surface area (Å²) in [6.07, 6.45) is -1.25. The number of halogens is 3. The molecule has 3 N–H and O–H groups in total. The first-order valence-electron chi connectivity index (χ1n) is 7.08. The van der Waals surface area contributed by atoms with Gasteiger partial charge in [0.2, 0.25) is 0 Å². The van der Waals surface area contributed by atoms with Crippen LogP contribution in [-0.2, 0) is 6.18 Å². The summed E-state index contributed by atoms with van der Waals surface area (Å²) in [4.78, 5) is 0. The van der Waals surface area contributed by atoms with Crippen molar-refractivity contribution in [3.05, 3.63) is 59.0 Å². The first kappa shape index (κ1) is 16.3. The number of hydrogen-bond acceptors (Lipinski definition) is 5. The number of benzene rings is 1. The molecule has 24 heavy (non-hydrogen) atoms. The van der Waals surface area contributed by atoms with Crippen LogP contribution in [0.5, 0.6) is 0 Å². The van der Waals surface area contributed by atoms with Crippen LogP contribution in [0.4, 0.5) is 13.2 Å². The van der Waals surface area contributed by atoms with Gasteiger partial charge in [0, 0.05) is 0 Å². The number of nitrogens with zero attached hydrogens (tertiary/aromatic N) is 1. The van der Waals surface area contributed by atoms with Gasteiger partial charge in [-0.15, -0.1) is 0 Å². The fraction of sp³-hybridized carbons (Fsp3) is 0.188. The van der Waals surface area contributed by atoms with Crippen LogP contribution < -0.4 is 16.4 Å². The molecule has 1 aliphatic rings. The molecule has 0 bridgehead atoms. The van der Waals surface area contributed by atoms with E-state index >= 15 is 0 Å². The van der Waals surface area contributed by atoms with E-state index in [-0.39, 0.29) is 6.04 Å². The maximum atomic E-state index is 12.7. The molecule has 0 amide bonds. The summed E-state index contributed by atoms with van der Waals surface area (Å²) in [7, 11) is 0. The van der Waals surface area contributed by atoms with Crippen molar-refractivity contribution in [1.82, 2.24) is 16.4 Å². The minimum atomic E-state index is -4.37. The second kappa shape index (κ2) is 6.49. The van der Waals surface area contributed by atoms with Gasteiger partial charge >= 0.3 is 6.18 Å². The van der Waals surface area contributed by atoms with Gasteiger partial charge in [0.25, 0.3) is 0 Å². The second-order valence-corrected chi connectivity index (χ2v) is 5.19. The van der Waals surface area contributed by atoms with Crippen molar-refractivity contribution in [2.24, 2.45) is 0 Å². The molecule has 1 aromatic carbocycles. The number of nitriles is 1. The Morgan fingerprint density at radius 3 is 2.71 bits per heavy atom. The van der Waals surface area contributed by atoms with Crippen LogP contribution in [0.25, 0.3) is 12.2 Å². The summed E-state index contributed by atoms with van der Waals surface area (Å²) in [5.74, 6) is 1.02. The largest absolute Gasteiger partial charge is 0.460 e. The average Bonchev–Trinajstić information content (AvgIpc) is 3.21. The van der Waals surface area contributed by atoms with Crippen molar-refractivity contribution in [2.45, 2.75) is 18.3 Å². The highest BCUT2D eigenvalue weighted by atomic mass is 19.4. The first-order valence-corrected chi connectivity index (χ1v) is 7.08. The van der Waals surface area contributed by atoms with E-state index in [1.807, 2.05) is 0 Å². The van der Waals surface area contributed by atoms with Crippen molar-refractivity contribution in [1.29, 1.82) is 5.26 Å². The van der Waals surface area contributed by atoms with E-state index in [0.29, 0.717) is 17.1 Å². The van der Waals surface area contributed by atoms with E-state index in [0.717, 1.165) is 12.1 Å². The maximum Gasteiger partial charge on any atom is 0.416 e. The molecule has 2 unspecified atom stereocenters. The molecule has 0 spiro atoms. The Kier molecular flexibility index (Phi) is 4.40. The van der Waals surface area contributed by atoms with Crippen LogP contribution in [0, 0.1) is 11.3 Å². The lowest BCUT2D eigenvalue weighted by molar-refractivity contribution is -0.137. The Bertz CT molecular complexity index is 791. The van der Waals surface area contributed by atoms with Crippen LogP contribution in [-0.4, -0.2) is 6.04 Å². The summed E-state index contributed by atoms with van der Waals surface area (Å²) >= 11 is 0. The number of rotatable bonds is 3. The number of nitrogens with one attached hydrogen (secondary N) is 3. The molecule has 2 aromatic rings. The lowest BCUT2D eigenvalue weighted by atomic mass is 10.1. The number of furan rings is 1. The van der Waals surface area contributed by atoms with Crippen LogP contribution in [0.3, 0.4) is 0 Å². The van der Waals surface area contributed by atoms with Crippen molar-refractivity contribution in [3.8, 4) is 6.07 Å². The van der Waals surface area contributed by atoms with Gasteiger partial charge in [-0.2, -0.15) is 24.0 Å². The number of hydrazine groups is 2. The Hall–Kier alpha value is -2.60. The predicted octanol–water partition coefficient (Wildman–Crippen LogP) is 3.01. The topological polar surface area (TPSA) is 73.0 Å². The quantitative estimate of drug-likeness (QED) is 0.805. The minimum Gasteiger partial charge on any atom is -0.460 e. The highest BCUT2D eigenvalue weighted by Gasteiger charge is 2.31. The van der Waals surface area contributed by atoms with E-state index in [4.69, 9.17) is 9.68 Å². The highest BCUT2D eigenvalue weighted by molar-refractivity contribution is 5.67. The standard InChI is InChI=1S/C16H13F3N4O/c17-16(18,19)11-3-1-2-10(8-11)4-5-12-6-7-14(24-12)15-13(9-20)21-23-22-15/h1-8,13,15,21-23H/b5-4+. The Labute approximate surface area is 135 Å². The fourth-order valence-electron chi connectivity index (χ4n) is 2.33. The average molecular weight is 334 g/mol. The van der Waals surface area contributed by atoms with Gasteiger partial charge in [-0.1, -0.05) is 18.2 Å². The maximum absolute atomic E-state index is 12.7. The predicted molar refractivity (Wildman–Crippen MR) is 80.6 cm³/mol. The summed E-state index contributed by atoms with van der Waals surface area (Å²) < 4.78 is 43.7. The molecule has 5 nitrogen and oxygen atoms in total. The Balaban J connectivity index is 1.75. The molecule has 2 heterocycles. The summed E-state index contributed by atoms with van der Waals surface area (Å²) in [6.45, 7) is 0. The summed E-state index contributed by atoms with van der Waals surface area (Å²) in [6, 6.07) is 9.66. The highest BCUT2D eigenvalue weighted by Crippen LogP contribution is 2.30. The van der Waals surface area contributed by atoms with Crippen LogP contribution in [0.2, 0.25) is 0 Å². The van der Waals surface area contributed by atoms with E-state index in [1.54, 1.807) is 24.3 Å². The number of hydrogen-bond donors (Lipinski definition) is 3. The fourth-order valence-corrected chi connectivity index (χ4v) is 2.33. The molecule has 8 heteroatoms. The van der Waals surface area contributed by atoms with Crippen LogP contribution in [0.15, 0.2) is 40.8 Å². The van der Waals surface area contributed by atoms with Gasteiger partial charge in [-0.3, -0.25) is 0 Å². The molecule has 0 saturated carbocycles. The summed E-state index contributed by atoms with van der Waals surface area (Å²) in [5, 5.41) is 9.01. The second-order valence-electron chi connectivity index (χ2n) is 5.19. The van der Waals surface area contributed by atoms with Gasteiger partial charge < -0.3 is 4.42 Å². The molecule has 124 valence electrons. The molecular formula is C16H13F3N4O.